The SMILES string of the molecule is CN[C@@H](C)C(=O)N[C@H](C(=O)N1CCC[C@H]1c1nc(C(=O)c2cccc(OCCOCCOCCOc3ccc(Cn4c(C)c(N)c(-c5ccc(C#N)cc5)c4C)cc3)c2)cs1)C1CCCCC1. The van der Waals surface area contributed by atoms with Crippen molar-refractivity contribution in [1.29, 1.82) is 5.26 Å². The number of likely N-dealkylation sites (N-methyl/N-ethyl adjacent to an activating group) is 1. The van der Waals surface area contributed by atoms with Gasteiger partial charge in [0.25, 0.3) is 0 Å². The summed E-state index contributed by atoms with van der Waals surface area (Å²) in [5.41, 5.74) is 13.9. The molecule has 1 saturated heterocycles. The Labute approximate surface area is 397 Å². The van der Waals surface area contributed by atoms with Gasteiger partial charge in [0.2, 0.25) is 17.6 Å². The van der Waals surface area contributed by atoms with Gasteiger partial charge in [-0.1, -0.05) is 55.7 Å². The lowest BCUT2D eigenvalue weighted by molar-refractivity contribution is -0.139. The third-order valence-electron chi connectivity index (χ3n) is 12.9. The highest BCUT2D eigenvalue weighted by Gasteiger charge is 2.40. The molecule has 14 nitrogen and oxygen atoms in total. The first-order valence-electron chi connectivity index (χ1n) is 23.4. The normalized spacial score (nSPS) is 16.0. The summed E-state index contributed by atoms with van der Waals surface area (Å²) in [4.78, 5) is 47.4. The highest BCUT2D eigenvalue weighted by atomic mass is 32.1. The number of ether oxygens (including phenoxy) is 4. The van der Waals surface area contributed by atoms with E-state index in [-0.39, 0.29) is 29.6 Å². The molecule has 0 unspecified atom stereocenters. The number of nitriles is 1. The van der Waals surface area contributed by atoms with Crippen molar-refractivity contribution in [2.45, 2.75) is 90.4 Å². The fourth-order valence-electron chi connectivity index (χ4n) is 9.00. The lowest BCUT2D eigenvalue weighted by Gasteiger charge is -2.35. The molecule has 3 atom stereocenters. The average molecular weight is 930 g/mol. The lowest BCUT2D eigenvalue weighted by Crippen LogP contribution is -2.55. The summed E-state index contributed by atoms with van der Waals surface area (Å²) in [5, 5.41) is 17.7. The molecule has 354 valence electrons. The quantitative estimate of drug-likeness (QED) is 0.0455. The molecular formula is C52H63N7O7S. The molecule has 4 N–H and O–H groups in total. The third kappa shape index (κ3) is 12.3. The van der Waals surface area contributed by atoms with E-state index in [1.807, 2.05) is 60.4 Å². The Balaban J connectivity index is 0.801. The number of nitrogens with two attached hydrogens (primary N) is 1. The molecule has 2 aliphatic rings. The number of nitrogen functional groups attached to an aromatic ring is 1. The molecule has 2 amide bonds. The Hall–Kier alpha value is -6.05. The van der Waals surface area contributed by atoms with E-state index in [1.165, 1.54) is 11.3 Å². The van der Waals surface area contributed by atoms with Crippen molar-refractivity contribution in [3.63, 3.8) is 0 Å². The van der Waals surface area contributed by atoms with Gasteiger partial charge in [-0.3, -0.25) is 14.4 Å². The van der Waals surface area contributed by atoms with Crippen LogP contribution in [-0.4, -0.2) is 97.4 Å². The van der Waals surface area contributed by atoms with Gasteiger partial charge in [-0.25, -0.2) is 4.98 Å². The Morgan fingerprint density at radius 3 is 2.24 bits per heavy atom. The smallest absolute Gasteiger partial charge is 0.246 e. The summed E-state index contributed by atoms with van der Waals surface area (Å²) in [7, 11) is 1.74. The Bertz CT molecular complexity index is 2490. The number of anilines is 1. The van der Waals surface area contributed by atoms with Crippen LogP contribution in [0.25, 0.3) is 11.1 Å². The highest BCUT2D eigenvalue weighted by molar-refractivity contribution is 7.10. The second-order valence-corrected chi connectivity index (χ2v) is 18.2. The van der Waals surface area contributed by atoms with Crippen molar-refractivity contribution in [2.24, 2.45) is 5.92 Å². The summed E-state index contributed by atoms with van der Waals surface area (Å²) >= 11 is 1.40. The molecule has 15 heteroatoms. The molecule has 0 radical (unpaired) electrons. The minimum Gasteiger partial charge on any atom is -0.491 e. The van der Waals surface area contributed by atoms with Gasteiger partial charge in [0.1, 0.15) is 41.5 Å². The van der Waals surface area contributed by atoms with E-state index in [1.54, 1.807) is 43.6 Å². The number of hydrogen-bond donors (Lipinski definition) is 3. The van der Waals surface area contributed by atoms with Crippen LogP contribution >= 0.6 is 11.3 Å². The number of amides is 2. The molecular weight excluding hydrogens is 867 g/mol. The van der Waals surface area contributed by atoms with Gasteiger partial charge < -0.3 is 44.8 Å². The number of likely N-dealkylation sites (tertiary alicyclic amines) is 1. The van der Waals surface area contributed by atoms with E-state index in [9.17, 15) is 19.6 Å². The minimum atomic E-state index is -0.578. The van der Waals surface area contributed by atoms with Crippen molar-refractivity contribution in [2.75, 3.05) is 59.0 Å². The monoisotopic (exact) mass is 929 g/mol. The summed E-state index contributed by atoms with van der Waals surface area (Å²) in [5.74, 6) is 0.963. The van der Waals surface area contributed by atoms with Crippen LogP contribution in [0.2, 0.25) is 0 Å². The van der Waals surface area contributed by atoms with E-state index in [0.717, 1.165) is 89.5 Å². The Morgan fingerprint density at radius 2 is 1.55 bits per heavy atom. The van der Waals surface area contributed by atoms with Crippen LogP contribution in [-0.2, 0) is 25.6 Å². The maximum atomic E-state index is 14.2. The topological polar surface area (TPSA) is 183 Å². The first kappa shape index (κ1) is 48.9. The number of benzene rings is 3. The Morgan fingerprint density at radius 1 is 0.866 bits per heavy atom. The summed E-state index contributed by atoms with van der Waals surface area (Å²) in [6.07, 6.45) is 6.68. The van der Waals surface area contributed by atoms with Crippen LogP contribution in [0, 0.1) is 31.1 Å². The molecule has 1 saturated carbocycles. The van der Waals surface area contributed by atoms with Crippen LogP contribution in [0.5, 0.6) is 11.5 Å². The second-order valence-electron chi connectivity index (χ2n) is 17.3. The molecule has 7 rings (SSSR count). The molecule has 67 heavy (non-hydrogen) atoms. The number of ketones is 1. The largest absolute Gasteiger partial charge is 0.491 e. The van der Waals surface area contributed by atoms with E-state index in [0.29, 0.717) is 75.3 Å². The van der Waals surface area contributed by atoms with Crippen LogP contribution in [0.1, 0.15) is 101 Å². The zero-order chi connectivity index (χ0) is 47.3. The van der Waals surface area contributed by atoms with E-state index < -0.39 is 12.1 Å². The standard InChI is InChI=1S/C52H63N7O7S/c1-34(55-4)50(61)57-48(40-10-6-5-7-11-40)52(62)58-23-9-14-45(58)51-56-44(33-67-51)49(60)41-12-8-13-43(30-41)66-29-27-64-25-24-63-26-28-65-42-21-17-38(18-22-42)32-59-35(2)46(47(54)36(59)3)39-19-15-37(31-53)16-20-39/h8,12-13,15-22,30,33-34,40,45,48,55H,5-7,9-11,14,23-29,32,54H2,1-4H3,(H,57,61)/t34-,45-,48-/m0/s1. The minimum absolute atomic E-state index is 0.0565. The van der Waals surface area contributed by atoms with Gasteiger partial charge in [0.05, 0.1) is 55.8 Å². The zero-order valence-corrected chi connectivity index (χ0v) is 39.9. The van der Waals surface area contributed by atoms with Crippen molar-refractivity contribution in [3.8, 4) is 28.7 Å². The number of carbonyl (C=O) groups is 3. The van der Waals surface area contributed by atoms with Gasteiger partial charge in [0, 0.05) is 41.0 Å². The summed E-state index contributed by atoms with van der Waals surface area (Å²) in [6, 6.07) is 23.5. The average Bonchev–Trinajstić information content (AvgIpc) is 4.10. The van der Waals surface area contributed by atoms with E-state index in [4.69, 9.17) is 29.7 Å². The lowest BCUT2D eigenvalue weighted by atomic mass is 9.83. The fourth-order valence-corrected chi connectivity index (χ4v) is 9.94. The summed E-state index contributed by atoms with van der Waals surface area (Å²) in [6.45, 7) is 9.42. The highest BCUT2D eigenvalue weighted by Crippen LogP contribution is 2.38. The number of nitrogens with one attached hydrogen (secondary N) is 2. The number of carbonyl (C=O) groups excluding carboxylic acids is 3. The number of thiazole rings is 1. The molecule has 0 bridgehead atoms. The van der Waals surface area contributed by atoms with Crippen molar-refractivity contribution in [3.05, 3.63) is 117 Å². The molecule has 0 spiro atoms. The van der Waals surface area contributed by atoms with Gasteiger partial charge >= 0.3 is 0 Å². The van der Waals surface area contributed by atoms with Crippen molar-refractivity contribution < 1.29 is 33.3 Å². The van der Waals surface area contributed by atoms with E-state index >= 15 is 0 Å². The first-order chi connectivity index (χ1) is 32.6. The van der Waals surface area contributed by atoms with Crippen molar-refractivity contribution >= 4 is 34.6 Å². The van der Waals surface area contributed by atoms with E-state index in [2.05, 4.69) is 28.2 Å². The third-order valence-corrected chi connectivity index (χ3v) is 13.9. The molecule has 3 heterocycles. The molecule has 1 aliphatic heterocycles. The number of nitrogens with zero attached hydrogens (tertiary/aromatic N) is 4. The van der Waals surface area contributed by atoms with Gasteiger partial charge in [0.15, 0.2) is 0 Å². The van der Waals surface area contributed by atoms with Gasteiger partial charge in [-0.15, -0.1) is 11.3 Å². The van der Waals surface area contributed by atoms with Gasteiger partial charge in [-0.2, -0.15) is 5.26 Å². The van der Waals surface area contributed by atoms with Crippen LogP contribution < -0.4 is 25.8 Å². The first-order valence-corrected chi connectivity index (χ1v) is 24.3. The van der Waals surface area contributed by atoms with Gasteiger partial charge in [-0.05, 0) is 107 Å². The number of aromatic nitrogens is 2. The Kier molecular flexibility index (Phi) is 17.2. The maximum Gasteiger partial charge on any atom is 0.246 e. The maximum absolute atomic E-state index is 14.2. The number of rotatable bonds is 22. The zero-order valence-electron chi connectivity index (χ0n) is 39.1. The summed E-state index contributed by atoms with van der Waals surface area (Å²) < 4.78 is 25.4. The second kappa shape index (κ2) is 23.6. The molecule has 2 aromatic heterocycles. The molecule has 2 fully saturated rings. The number of hydrogen-bond acceptors (Lipinski definition) is 12. The van der Waals surface area contributed by atoms with Crippen LogP contribution in [0.4, 0.5) is 5.69 Å². The fraction of sp³-hybridized carbons (Fsp3) is 0.442. The van der Waals surface area contributed by atoms with Crippen molar-refractivity contribution in [1.82, 2.24) is 25.1 Å². The predicted molar refractivity (Wildman–Crippen MR) is 259 cm³/mol. The molecule has 1 aliphatic carbocycles. The van der Waals surface area contributed by atoms with Crippen LogP contribution in [0.15, 0.2) is 78.2 Å². The predicted octanol–water partition coefficient (Wildman–Crippen LogP) is 7.79. The molecule has 3 aromatic carbocycles. The molecule has 5 aromatic rings. The van der Waals surface area contributed by atoms with Crippen LogP contribution in [0.3, 0.4) is 0 Å².